The largest absolute Gasteiger partial charge is 0.497 e. The molecule has 0 amide bonds. The molecule has 0 bridgehead atoms. The molecule has 0 aliphatic rings. The van der Waals surface area contributed by atoms with Gasteiger partial charge in [0.15, 0.2) is 5.96 Å². The molecule has 0 atom stereocenters. The Balaban J connectivity index is 2.49. The van der Waals surface area contributed by atoms with Crippen LogP contribution in [0.25, 0.3) is 0 Å². The summed E-state index contributed by atoms with van der Waals surface area (Å²) in [5.74, 6) is 1.46. The van der Waals surface area contributed by atoms with Crippen LogP contribution < -0.4 is 20.1 Å². The van der Waals surface area contributed by atoms with E-state index in [9.17, 15) is 8.42 Å². The van der Waals surface area contributed by atoms with Gasteiger partial charge < -0.3 is 15.4 Å². The Morgan fingerprint density at radius 2 is 1.86 bits per heavy atom. The smallest absolute Gasteiger partial charge is 0.208 e. The van der Waals surface area contributed by atoms with Crippen molar-refractivity contribution in [1.29, 1.82) is 0 Å². The number of benzene rings is 1. The van der Waals surface area contributed by atoms with Gasteiger partial charge in [0.1, 0.15) is 5.75 Å². The van der Waals surface area contributed by atoms with Gasteiger partial charge in [0.05, 0.1) is 19.9 Å². The molecule has 0 spiro atoms. The Hall–Kier alpha value is -1.80. The molecule has 8 heteroatoms. The van der Waals surface area contributed by atoms with Crippen LogP contribution >= 0.6 is 0 Å². The third-order valence-electron chi connectivity index (χ3n) is 2.70. The monoisotopic (exact) mass is 328 g/mol. The fourth-order valence-corrected chi connectivity index (χ4v) is 2.13. The second-order valence-electron chi connectivity index (χ2n) is 4.64. The lowest BCUT2D eigenvalue weighted by molar-refractivity contribution is 0.414. The number of ether oxygens (including phenoxy) is 1. The van der Waals surface area contributed by atoms with E-state index in [2.05, 4.69) is 20.3 Å². The van der Waals surface area contributed by atoms with Gasteiger partial charge >= 0.3 is 0 Å². The summed E-state index contributed by atoms with van der Waals surface area (Å²) in [5, 5.41) is 6.18. The van der Waals surface area contributed by atoms with Gasteiger partial charge in [-0.15, -0.1) is 0 Å². The summed E-state index contributed by atoms with van der Waals surface area (Å²) in [6.45, 7) is 4.00. The molecular weight excluding hydrogens is 304 g/mol. The molecule has 3 N–H and O–H groups in total. The van der Waals surface area contributed by atoms with Crippen LogP contribution in [-0.2, 0) is 16.6 Å². The average Bonchev–Trinajstić information content (AvgIpc) is 2.48. The first-order chi connectivity index (χ1) is 10.4. The molecular formula is C14H24N4O3S. The van der Waals surface area contributed by atoms with Crippen LogP contribution in [0.1, 0.15) is 12.5 Å². The van der Waals surface area contributed by atoms with Crippen LogP contribution in [0.5, 0.6) is 5.75 Å². The fourth-order valence-electron chi connectivity index (χ4n) is 1.66. The van der Waals surface area contributed by atoms with Crippen molar-refractivity contribution in [2.24, 2.45) is 4.99 Å². The number of nitrogens with one attached hydrogen (secondary N) is 3. The standard InChI is InChI=1S/C14H24N4O3S/c1-4-15-14(16-9-10-18-22(3,19)20)17-11-12-5-7-13(21-2)8-6-12/h5-8,18H,4,9-11H2,1-3H3,(H2,15,16,17). The molecule has 0 saturated carbocycles. The lowest BCUT2D eigenvalue weighted by Crippen LogP contribution is -2.41. The van der Waals surface area contributed by atoms with Crippen LogP contribution in [0.15, 0.2) is 29.3 Å². The minimum absolute atomic E-state index is 0.311. The molecule has 0 radical (unpaired) electrons. The zero-order chi connectivity index (χ0) is 16.4. The number of guanidine groups is 1. The van der Waals surface area contributed by atoms with E-state index in [0.717, 1.165) is 24.1 Å². The van der Waals surface area contributed by atoms with E-state index in [1.54, 1.807) is 7.11 Å². The number of aliphatic imine (C=N–C) groups is 1. The summed E-state index contributed by atoms with van der Waals surface area (Å²) >= 11 is 0. The minimum atomic E-state index is -3.16. The zero-order valence-electron chi connectivity index (χ0n) is 13.2. The first-order valence-electron chi connectivity index (χ1n) is 7.04. The van der Waals surface area contributed by atoms with Gasteiger partial charge in [0, 0.05) is 19.6 Å². The summed E-state index contributed by atoms with van der Waals surface area (Å²) in [6.07, 6.45) is 1.13. The van der Waals surface area contributed by atoms with Crippen LogP contribution in [0, 0.1) is 0 Å². The molecule has 0 saturated heterocycles. The van der Waals surface area contributed by atoms with E-state index in [-0.39, 0.29) is 0 Å². The van der Waals surface area contributed by atoms with Crippen molar-refractivity contribution in [3.8, 4) is 5.75 Å². The van der Waals surface area contributed by atoms with Gasteiger partial charge in [-0.05, 0) is 24.6 Å². The number of methoxy groups -OCH3 is 1. The maximum Gasteiger partial charge on any atom is 0.208 e. The van der Waals surface area contributed by atoms with Crippen molar-refractivity contribution in [3.05, 3.63) is 29.8 Å². The van der Waals surface area contributed by atoms with E-state index >= 15 is 0 Å². The molecule has 0 aromatic heterocycles. The number of hydrogen-bond donors (Lipinski definition) is 3. The lowest BCUT2D eigenvalue weighted by Gasteiger charge is -2.11. The van der Waals surface area contributed by atoms with Crippen LogP contribution in [0.2, 0.25) is 0 Å². The second kappa shape index (κ2) is 9.26. The van der Waals surface area contributed by atoms with Crippen LogP contribution in [-0.4, -0.2) is 47.4 Å². The SMILES string of the molecule is CCNC(=NCc1ccc(OC)cc1)NCCNS(C)(=O)=O. The van der Waals surface area contributed by atoms with Gasteiger partial charge in [-0.1, -0.05) is 12.1 Å². The van der Waals surface area contributed by atoms with Crippen molar-refractivity contribution >= 4 is 16.0 Å². The van der Waals surface area contributed by atoms with E-state index in [4.69, 9.17) is 4.74 Å². The summed E-state index contributed by atoms with van der Waals surface area (Å²) in [7, 11) is -1.53. The van der Waals surface area contributed by atoms with Crippen molar-refractivity contribution < 1.29 is 13.2 Å². The molecule has 22 heavy (non-hydrogen) atoms. The van der Waals surface area contributed by atoms with Gasteiger partial charge in [0.2, 0.25) is 10.0 Å². The zero-order valence-corrected chi connectivity index (χ0v) is 14.0. The molecule has 124 valence electrons. The number of rotatable bonds is 8. The van der Waals surface area contributed by atoms with Gasteiger partial charge in [-0.25, -0.2) is 18.1 Å². The van der Waals surface area contributed by atoms with Crippen molar-refractivity contribution in [2.45, 2.75) is 13.5 Å². The highest BCUT2D eigenvalue weighted by molar-refractivity contribution is 7.88. The maximum absolute atomic E-state index is 11.0. The normalized spacial score (nSPS) is 12.0. The molecule has 1 rings (SSSR count). The van der Waals surface area contributed by atoms with Crippen molar-refractivity contribution in [3.63, 3.8) is 0 Å². The first kappa shape index (κ1) is 18.2. The Bertz CT molecular complexity index is 570. The summed E-state index contributed by atoms with van der Waals surface area (Å²) in [5.41, 5.74) is 1.06. The lowest BCUT2D eigenvalue weighted by atomic mass is 10.2. The second-order valence-corrected chi connectivity index (χ2v) is 6.47. The molecule has 7 nitrogen and oxygen atoms in total. The quantitative estimate of drug-likeness (QED) is 0.363. The van der Waals surface area contributed by atoms with Gasteiger partial charge in [-0.3, -0.25) is 0 Å². The van der Waals surface area contributed by atoms with E-state index in [1.165, 1.54) is 0 Å². The molecule has 1 aromatic rings. The highest BCUT2D eigenvalue weighted by atomic mass is 32.2. The van der Waals surface area contributed by atoms with E-state index < -0.39 is 10.0 Å². The predicted octanol–water partition coefficient (Wildman–Crippen LogP) is 0.300. The Kier molecular flexibility index (Phi) is 7.69. The highest BCUT2D eigenvalue weighted by Gasteiger charge is 2.01. The molecule has 1 aromatic carbocycles. The van der Waals surface area contributed by atoms with E-state index in [1.807, 2.05) is 31.2 Å². The molecule has 0 aliphatic carbocycles. The summed E-state index contributed by atoms with van der Waals surface area (Å²) < 4.78 is 29.5. The third-order valence-corrected chi connectivity index (χ3v) is 3.43. The molecule has 0 aliphatic heterocycles. The van der Waals surface area contributed by atoms with Crippen LogP contribution in [0.3, 0.4) is 0 Å². The molecule has 0 unspecified atom stereocenters. The topological polar surface area (TPSA) is 91.8 Å². The van der Waals surface area contributed by atoms with Gasteiger partial charge in [0.25, 0.3) is 0 Å². The number of nitrogens with zero attached hydrogens (tertiary/aromatic N) is 1. The molecule has 0 fully saturated rings. The highest BCUT2D eigenvalue weighted by Crippen LogP contribution is 2.11. The van der Waals surface area contributed by atoms with E-state index in [0.29, 0.717) is 25.6 Å². The number of hydrogen-bond acceptors (Lipinski definition) is 4. The Morgan fingerprint density at radius 3 is 2.41 bits per heavy atom. The summed E-state index contributed by atoms with van der Waals surface area (Å²) in [4.78, 5) is 4.45. The van der Waals surface area contributed by atoms with Crippen molar-refractivity contribution in [1.82, 2.24) is 15.4 Å². The van der Waals surface area contributed by atoms with Crippen molar-refractivity contribution in [2.75, 3.05) is 33.0 Å². The van der Waals surface area contributed by atoms with Crippen LogP contribution in [0.4, 0.5) is 0 Å². The fraction of sp³-hybridized carbons (Fsp3) is 0.500. The summed E-state index contributed by atoms with van der Waals surface area (Å²) in [6, 6.07) is 7.69. The first-order valence-corrected chi connectivity index (χ1v) is 8.93. The Morgan fingerprint density at radius 1 is 1.18 bits per heavy atom. The third kappa shape index (κ3) is 7.84. The number of sulfonamides is 1. The molecule has 0 heterocycles. The maximum atomic E-state index is 11.0. The minimum Gasteiger partial charge on any atom is -0.497 e. The van der Waals surface area contributed by atoms with Gasteiger partial charge in [-0.2, -0.15) is 0 Å². The Labute approximate surface area is 132 Å². The predicted molar refractivity (Wildman–Crippen MR) is 88.7 cm³/mol. The average molecular weight is 328 g/mol.